The van der Waals surface area contributed by atoms with Gasteiger partial charge < -0.3 is 5.32 Å². The highest BCUT2D eigenvalue weighted by Gasteiger charge is 2.37. The second-order valence-electron chi connectivity index (χ2n) is 4.89. The van der Waals surface area contributed by atoms with Crippen LogP contribution in [0.4, 0.5) is 38.0 Å². The SMILES string of the molecule is Cc1cc(C)nc(Nc2cc(C(F)(F)F)cc(C(F)(F)F)c2)n1. The first-order valence-electron chi connectivity index (χ1n) is 6.34. The van der Waals surface area contributed by atoms with E-state index < -0.39 is 29.2 Å². The van der Waals surface area contributed by atoms with Crippen LogP contribution in [0, 0.1) is 13.8 Å². The number of nitrogens with one attached hydrogen (secondary N) is 1. The van der Waals surface area contributed by atoms with Crippen molar-refractivity contribution in [2.75, 3.05) is 5.32 Å². The van der Waals surface area contributed by atoms with Crippen LogP contribution in [0.1, 0.15) is 22.5 Å². The number of benzene rings is 1. The number of hydrogen-bond acceptors (Lipinski definition) is 3. The van der Waals surface area contributed by atoms with E-state index in [1.165, 1.54) is 0 Å². The Morgan fingerprint density at radius 1 is 0.739 bits per heavy atom. The van der Waals surface area contributed by atoms with Gasteiger partial charge in [0.05, 0.1) is 11.1 Å². The van der Waals surface area contributed by atoms with Gasteiger partial charge in [-0.05, 0) is 38.1 Å². The Morgan fingerprint density at radius 2 is 1.17 bits per heavy atom. The van der Waals surface area contributed by atoms with Gasteiger partial charge in [0, 0.05) is 17.1 Å². The molecule has 0 amide bonds. The van der Waals surface area contributed by atoms with Crippen LogP contribution in [0.3, 0.4) is 0 Å². The minimum atomic E-state index is -4.90. The van der Waals surface area contributed by atoms with Gasteiger partial charge in [0.2, 0.25) is 5.95 Å². The van der Waals surface area contributed by atoms with Crippen molar-refractivity contribution in [2.24, 2.45) is 0 Å². The maximum absolute atomic E-state index is 12.8. The van der Waals surface area contributed by atoms with Crippen LogP contribution < -0.4 is 5.32 Å². The smallest absolute Gasteiger partial charge is 0.324 e. The summed E-state index contributed by atoms with van der Waals surface area (Å²) in [7, 11) is 0. The quantitative estimate of drug-likeness (QED) is 0.795. The van der Waals surface area contributed by atoms with Gasteiger partial charge in [0.25, 0.3) is 0 Å². The third-order valence-corrected chi connectivity index (χ3v) is 2.83. The average molecular weight is 335 g/mol. The lowest BCUT2D eigenvalue weighted by molar-refractivity contribution is -0.143. The molecule has 0 fully saturated rings. The molecule has 23 heavy (non-hydrogen) atoms. The first-order chi connectivity index (χ1) is 10.4. The molecule has 0 radical (unpaired) electrons. The molecule has 2 rings (SSSR count). The van der Waals surface area contributed by atoms with Gasteiger partial charge >= 0.3 is 12.4 Å². The molecule has 1 heterocycles. The third kappa shape index (κ3) is 4.33. The zero-order valence-electron chi connectivity index (χ0n) is 12.0. The summed E-state index contributed by atoms with van der Waals surface area (Å²) in [6.45, 7) is 3.26. The average Bonchev–Trinajstić information content (AvgIpc) is 2.34. The molecule has 1 N–H and O–H groups in total. The number of hydrogen-bond donors (Lipinski definition) is 1. The van der Waals surface area contributed by atoms with Crippen LogP contribution in [0.5, 0.6) is 0 Å². The van der Waals surface area contributed by atoms with Crippen molar-refractivity contribution in [3.8, 4) is 0 Å². The van der Waals surface area contributed by atoms with Crippen molar-refractivity contribution in [2.45, 2.75) is 26.2 Å². The van der Waals surface area contributed by atoms with E-state index in [9.17, 15) is 26.3 Å². The van der Waals surface area contributed by atoms with Crippen molar-refractivity contribution in [3.05, 3.63) is 46.8 Å². The molecule has 1 aromatic carbocycles. The van der Waals surface area contributed by atoms with Gasteiger partial charge in [-0.3, -0.25) is 0 Å². The lowest BCUT2D eigenvalue weighted by Gasteiger charge is -2.15. The molecule has 0 saturated carbocycles. The molecule has 0 spiro atoms. The molecule has 3 nitrogen and oxygen atoms in total. The number of alkyl halides is 6. The summed E-state index contributed by atoms with van der Waals surface area (Å²) in [5.74, 6) is -0.0741. The van der Waals surface area contributed by atoms with E-state index in [1.54, 1.807) is 19.9 Å². The number of aromatic nitrogens is 2. The molecule has 0 aliphatic heterocycles. The maximum Gasteiger partial charge on any atom is 0.416 e. The van der Waals surface area contributed by atoms with Crippen LogP contribution in [-0.2, 0) is 12.4 Å². The van der Waals surface area contributed by atoms with Crippen LogP contribution in [0.25, 0.3) is 0 Å². The summed E-state index contributed by atoms with van der Waals surface area (Å²) in [5, 5.41) is 2.39. The van der Waals surface area contributed by atoms with E-state index in [-0.39, 0.29) is 12.0 Å². The molecule has 0 aliphatic carbocycles. The largest absolute Gasteiger partial charge is 0.416 e. The van der Waals surface area contributed by atoms with Crippen LogP contribution in [0.15, 0.2) is 24.3 Å². The van der Waals surface area contributed by atoms with E-state index in [4.69, 9.17) is 0 Å². The van der Waals surface area contributed by atoms with Gasteiger partial charge in [0.15, 0.2) is 0 Å². The monoisotopic (exact) mass is 335 g/mol. The van der Waals surface area contributed by atoms with Crippen LogP contribution in [0.2, 0.25) is 0 Å². The summed E-state index contributed by atoms with van der Waals surface area (Å²) in [5.41, 5.74) is -2.14. The van der Waals surface area contributed by atoms with Gasteiger partial charge in [-0.1, -0.05) is 0 Å². The lowest BCUT2D eigenvalue weighted by Crippen LogP contribution is -2.12. The predicted molar refractivity (Wildman–Crippen MR) is 71.2 cm³/mol. The minimum Gasteiger partial charge on any atom is -0.324 e. The Kier molecular flexibility index (Phi) is 4.23. The molecular formula is C14H11F6N3. The molecule has 124 valence electrons. The number of aryl methyl sites for hydroxylation is 2. The summed E-state index contributed by atoms with van der Waals surface area (Å²) >= 11 is 0. The van der Waals surface area contributed by atoms with Crippen molar-refractivity contribution in [1.29, 1.82) is 0 Å². The fraction of sp³-hybridized carbons (Fsp3) is 0.286. The van der Waals surface area contributed by atoms with Crippen molar-refractivity contribution >= 4 is 11.6 Å². The summed E-state index contributed by atoms with van der Waals surface area (Å²) < 4.78 is 76.7. The van der Waals surface area contributed by atoms with Crippen LogP contribution in [-0.4, -0.2) is 9.97 Å². The number of rotatable bonds is 2. The second kappa shape index (κ2) is 5.71. The van der Waals surface area contributed by atoms with Gasteiger partial charge in [0.1, 0.15) is 0 Å². The maximum atomic E-state index is 12.8. The minimum absolute atomic E-state index is 0.0630. The number of halogens is 6. The summed E-state index contributed by atoms with van der Waals surface area (Å²) in [4.78, 5) is 7.86. The Balaban J connectivity index is 2.49. The first-order valence-corrected chi connectivity index (χ1v) is 6.34. The zero-order chi connectivity index (χ0) is 17.4. The van der Waals surface area contributed by atoms with E-state index >= 15 is 0 Å². The Hall–Kier alpha value is -2.32. The standard InChI is InChI=1S/C14H11F6N3/c1-7-3-8(2)22-12(21-7)23-11-5-9(13(15,16)17)4-10(6-11)14(18,19)20/h3-6H,1-2H3,(H,21,22,23). The zero-order valence-corrected chi connectivity index (χ0v) is 12.0. The van der Waals surface area contributed by atoms with Crippen molar-refractivity contribution < 1.29 is 26.3 Å². The molecule has 2 aromatic rings. The molecule has 0 aliphatic rings. The highest BCUT2D eigenvalue weighted by atomic mass is 19.4. The molecule has 0 atom stereocenters. The summed E-state index contributed by atoms with van der Waals surface area (Å²) in [6, 6.07) is 2.85. The fourth-order valence-corrected chi connectivity index (χ4v) is 1.94. The third-order valence-electron chi connectivity index (χ3n) is 2.83. The topological polar surface area (TPSA) is 37.8 Å². The molecule has 0 unspecified atom stereocenters. The molecule has 0 saturated heterocycles. The van der Waals surface area contributed by atoms with Crippen LogP contribution >= 0.6 is 0 Å². The second-order valence-corrected chi connectivity index (χ2v) is 4.89. The fourth-order valence-electron chi connectivity index (χ4n) is 1.94. The molecule has 0 bridgehead atoms. The van der Waals surface area contributed by atoms with Gasteiger partial charge in [-0.15, -0.1) is 0 Å². The van der Waals surface area contributed by atoms with Gasteiger partial charge in [-0.2, -0.15) is 26.3 Å². The number of anilines is 2. The highest BCUT2D eigenvalue weighted by Crippen LogP contribution is 2.37. The van der Waals surface area contributed by atoms with Crippen molar-refractivity contribution in [3.63, 3.8) is 0 Å². The van der Waals surface area contributed by atoms with Gasteiger partial charge in [-0.25, -0.2) is 9.97 Å². The lowest BCUT2D eigenvalue weighted by atomic mass is 10.1. The predicted octanol–water partition coefficient (Wildman–Crippen LogP) is 4.87. The normalized spacial score (nSPS) is 12.3. The number of nitrogens with zero attached hydrogens (tertiary/aromatic N) is 2. The highest BCUT2D eigenvalue weighted by molar-refractivity contribution is 5.57. The Bertz CT molecular complexity index is 669. The summed E-state index contributed by atoms with van der Waals surface area (Å²) in [6.07, 6.45) is -9.80. The van der Waals surface area contributed by atoms with E-state index in [0.29, 0.717) is 23.5 Å². The Labute approximate surface area is 127 Å². The van der Waals surface area contributed by atoms with E-state index in [2.05, 4.69) is 15.3 Å². The van der Waals surface area contributed by atoms with E-state index in [1.807, 2.05) is 0 Å². The van der Waals surface area contributed by atoms with Crippen molar-refractivity contribution in [1.82, 2.24) is 9.97 Å². The first kappa shape index (κ1) is 17.0. The van der Waals surface area contributed by atoms with E-state index in [0.717, 1.165) is 0 Å². The molecule has 9 heteroatoms. The molecular weight excluding hydrogens is 324 g/mol. The Morgan fingerprint density at radius 3 is 1.57 bits per heavy atom. The molecule has 1 aromatic heterocycles.